The summed E-state index contributed by atoms with van der Waals surface area (Å²) < 4.78 is 0. The van der Waals surface area contributed by atoms with Crippen molar-refractivity contribution in [1.29, 1.82) is 5.26 Å². The van der Waals surface area contributed by atoms with E-state index >= 15 is 0 Å². The Hall–Kier alpha value is -1.33. The third-order valence-corrected chi connectivity index (χ3v) is 4.34. The highest BCUT2D eigenvalue weighted by molar-refractivity contribution is 5.18. The number of nitrogens with zero attached hydrogens (tertiary/aromatic N) is 2. The molecular formula is C18H28N2. The van der Waals surface area contributed by atoms with Gasteiger partial charge in [0.25, 0.3) is 0 Å². The summed E-state index contributed by atoms with van der Waals surface area (Å²) in [6, 6.07) is 13.5. The molecule has 110 valence electrons. The van der Waals surface area contributed by atoms with Crippen LogP contribution in [0.15, 0.2) is 30.3 Å². The Morgan fingerprint density at radius 3 is 2.25 bits per heavy atom. The van der Waals surface area contributed by atoms with E-state index in [9.17, 15) is 0 Å². The molecule has 2 rings (SSSR count). The fraction of sp³-hybridized carbons (Fsp3) is 0.611. The molecule has 0 amide bonds. The molecule has 1 atom stereocenters. The van der Waals surface area contributed by atoms with Gasteiger partial charge in [-0.15, -0.1) is 0 Å². The molecule has 1 saturated heterocycles. The van der Waals surface area contributed by atoms with Crippen LogP contribution in [0, 0.1) is 16.7 Å². The van der Waals surface area contributed by atoms with Gasteiger partial charge in [0.1, 0.15) is 0 Å². The monoisotopic (exact) mass is 272 g/mol. The number of piperidine rings is 1. The molecule has 2 nitrogen and oxygen atoms in total. The molecule has 0 aliphatic carbocycles. The first kappa shape index (κ1) is 16.7. The largest absolute Gasteiger partial charge is 0.297 e. The summed E-state index contributed by atoms with van der Waals surface area (Å²) >= 11 is 0. The molecule has 1 unspecified atom stereocenters. The number of benzene rings is 1. The highest BCUT2D eigenvalue weighted by Gasteiger charge is 2.31. The van der Waals surface area contributed by atoms with E-state index in [-0.39, 0.29) is 5.41 Å². The molecule has 1 aromatic rings. The Morgan fingerprint density at radius 2 is 1.75 bits per heavy atom. The van der Waals surface area contributed by atoms with Gasteiger partial charge in [-0.1, -0.05) is 51.1 Å². The van der Waals surface area contributed by atoms with Crippen molar-refractivity contribution >= 4 is 0 Å². The lowest BCUT2D eigenvalue weighted by molar-refractivity contribution is 0.0918. The van der Waals surface area contributed by atoms with Crippen molar-refractivity contribution in [2.75, 3.05) is 13.1 Å². The van der Waals surface area contributed by atoms with Crippen LogP contribution in [0.2, 0.25) is 0 Å². The Labute approximate surface area is 124 Å². The molecule has 1 aliphatic rings. The molecule has 2 heteroatoms. The number of hydrogen-bond acceptors (Lipinski definition) is 2. The SMILES string of the molecule is CC.CC(c1ccccc1)N1CCC(C)(CC#N)CC1. The summed E-state index contributed by atoms with van der Waals surface area (Å²) in [6.07, 6.45) is 2.97. The zero-order valence-corrected chi connectivity index (χ0v) is 13.4. The van der Waals surface area contributed by atoms with Crippen LogP contribution in [0.1, 0.15) is 58.6 Å². The van der Waals surface area contributed by atoms with E-state index in [0.29, 0.717) is 12.5 Å². The van der Waals surface area contributed by atoms with Gasteiger partial charge in [0.15, 0.2) is 0 Å². The van der Waals surface area contributed by atoms with Crippen molar-refractivity contribution in [3.63, 3.8) is 0 Å². The first-order chi connectivity index (χ1) is 9.64. The predicted molar refractivity (Wildman–Crippen MR) is 85.3 cm³/mol. The molecule has 0 bridgehead atoms. The lowest BCUT2D eigenvalue weighted by atomic mass is 9.77. The van der Waals surface area contributed by atoms with E-state index in [2.05, 4.69) is 55.1 Å². The van der Waals surface area contributed by atoms with Crippen LogP contribution in [-0.4, -0.2) is 18.0 Å². The Kier molecular flexibility index (Phi) is 6.75. The summed E-state index contributed by atoms with van der Waals surface area (Å²) in [4.78, 5) is 2.54. The zero-order valence-electron chi connectivity index (χ0n) is 13.4. The van der Waals surface area contributed by atoms with E-state index in [1.165, 1.54) is 5.56 Å². The summed E-state index contributed by atoms with van der Waals surface area (Å²) in [6.45, 7) is 10.7. The first-order valence-electron chi connectivity index (χ1n) is 7.81. The van der Waals surface area contributed by atoms with E-state index < -0.39 is 0 Å². The zero-order chi connectivity index (χ0) is 15.0. The van der Waals surface area contributed by atoms with E-state index in [1.54, 1.807) is 0 Å². The fourth-order valence-electron chi connectivity index (χ4n) is 2.76. The summed E-state index contributed by atoms with van der Waals surface area (Å²) in [5.41, 5.74) is 1.63. The summed E-state index contributed by atoms with van der Waals surface area (Å²) in [5, 5.41) is 8.87. The molecule has 1 heterocycles. The second-order valence-corrected chi connectivity index (χ2v) is 5.77. The molecule has 0 N–H and O–H groups in total. The third-order valence-electron chi connectivity index (χ3n) is 4.34. The molecule has 1 aromatic carbocycles. The normalized spacial score (nSPS) is 19.4. The van der Waals surface area contributed by atoms with Gasteiger partial charge in [0.2, 0.25) is 0 Å². The van der Waals surface area contributed by atoms with Crippen molar-refractivity contribution in [3.8, 4) is 6.07 Å². The van der Waals surface area contributed by atoms with Crippen molar-refractivity contribution in [2.45, 2.75) is 53.0 Å². The first-order valence-corrected chi connectivity index (χ1v) is 7.81. The van der Waals surface area contributed by atoms with Crippen LogP contribution in [0.4, 0.5) is 0 Å². The van der Waals surface area contributed by atoms with Crippen LogP contribution in [-0.2, 0) is 0 Å². The number of likely N-dealkylation sites (tertiary alicyclic amines) is 1. The maximum absolute atomic E-state index is 8.87. The predicted octanol–water partition coefficient (Wildman–Crippen LogP) is 4.79. The highest BCUT2D eigenvalue weighted by atomic mass is 15.2. The minimum absolute atomic E-state index is 0.238. The van der Waals surface area contributed by atoms with Crippen LogP contribution in [0.3, 0.4) is 0 Å². The van der Waals surface area contributed by atoms with E-state index in [1.807, 2.05) is 13.8 Å². The molecule has 0 saturated carbocycles. The molecule has 0 spiro atoms. The Morgan fingerprint density at radius 1 is 1.20 bits per heavy atom. The van der Waals surface area contributed by atoms with Crippen LogP contribution in [0.5, 0.6) is 0 Å². The molecular weight excluding hydrogens is 244 g/mol. The molecule has 1 aliphatic heterocycles. The second kappa shape index (κ2) is 8.07. The van der Waals surface area contributed by atoms with E-state index in [4.69, 9.17) is 5.26 Å². The van der Waals surface area contributed by atoms with Crippen LogP contribution < -0.4 is 0 Å². The average Bonchev–Trinajstić information content (AvgIpc) is 2.50. The molecule has 1 fully saturated rings. The van der Waals surface area contributed by atoms with Crippen molar-refractivity contribution in [2.24, 2.45) is 5.41 Å². The minimum atomic E-state index is 0.238. The maximum atomic E-state index is 8.87. The number of hydrogen-bond donors (Lipinski definition) is 0. The lowest BCUT2D eigenvalue weighted by Crippen LogP contribution is -2.39. The standard InChI is InChI=1S/C16H22N2.C2H6/c1-14(15-6-4-3-5-7-15)18-12-9-16(2,8-11-17)10-13-18;1-2/h3-7,14H,8-10,12-13H2,1-2H3;1-2H3. The summed E-state index contributed by atoms with van der Waals surface area (Å²) in [7, 11) is 0. The topological polar surface area (TPSA) is 27.0 Å². The lowest BCUT2D eigenvalue weighted by Gasteiger charge is -2.41. The smallest absolute Gasteiger partial charge is 0.0627 e. The summed E-state index contributed by atoms with van der Waals surface area (Å²) in [5.74, 6) is 0. The minimum Gasteiger partial charge on any atom is -0.297 e. The van der Waals surface area contributed by atoms with Crippen molar-refractivity contribution < 1.29 is 0 Å². The number of nitriles is 1. The molecule has 20 heavy (non-hydrogen) atoms. The van der Waals surface area contributed by atoms with Gasteiger partial charge in [-0.25, -0.2) is 0 Å². The van der Waals surface area contributed by atoms with Crippen LogP contribution >= 0.6 is 0 Å². The van der Waals surface area contributed by atoms with Gasteiger partial charge in [0.05, 0.1) is 6.07 Å². The van der Waals surface area contributed by atoms with Gasteiger partial charge in [-0.2, -0.15) is 5.26 Å². The van der Waals surface area contributed by atoms with Gasteiger partial charge in [-0.05, 0) is 43.8 Å². The maximum Gasteiger partial charge on any atom is 0.0627 e. The van der Waals surface area contributed by atoms with Crippen molar-refractivity contribution in [1.82, 2.24) is 4.90 Å². The van der Waals surface area contributed by atoms with Crippen molar-refractivity contribution in [3.05, 3.63) is 35.9 Å². The van der Waals surface area contributed by atoms with Gasteiger partial charge in [0, 0.05) is 12.5 Å². The fourth-order valence-corrected chi connectivity index (χ4v) is 2.76. The van der Waals surface area contributed by atoms with Crippen LogP contribution in [0.25, 0.3) is 0 Å². The molecule has 0 aromatic heterocycles. The Balaban J connectivity index is 0.000000956. The Bertz CT molecular complexity index is 411. The molecule has 0 radical (unpaired) electrons. The quantitative estimate of drug-likeness (QED) is 0.791. The third kappa shape index (κ3) is 4.35. The number of rotatable bonds is 3. The van der Waals surface area contributed by atoms with E-state index in [0.717, 1.165) is 25.9 Å². The highest BCUT2D eigenvalue weighted by Crippen LogP contribution is 2.36. The van der Waals surface area contributed by atoms with Gasteiger partial charge in [-0.3, -0.25) is 4.90 Å². The van der Waals surface area contributed by atoms with Gasteiger partial charge >= 0.3 is 0 Å². The van der Waals surface area contributed by atoms with Gasteiger partial charge < -0.3 is 0 Å². The average molecular weight is 272 g/mol. The second-order valence-electron chi connectivity index (χ2n) is 5.77.